The molecule has 1 aliphatic carbocycles. The Labute approximate surface area is 144 Å². The number of primary amides is 1. The maximum Gasteiger partial charge on any atom is 0.252 e. The molecule has 1 aromatic carbocycles. The van der Waals surface area contributed by atoms with Crippen molar-refractivity contribution in [1.82, 2.24) is 4.98 Å². The summed E-state index contributed by atoms with van der Waals surface area (Å²) >= 11 is 6.08. The molecule has 3 rings (SSSR count). The van der Waals surface area contributed by atoms with Crippen molar-refractivity contribution in [2.75, 3.05) is 12.4 Å². The third kappa shape index (κ3) is 3.41. The van der Waals surface area contributed by atoms with E-state index in [1.54, 1.807) is 25.3 Å². The van der Waals surface area contributed by atoms with Crippen LogP contribution in [0.5, 0.6) is 5.75 Å². The lowest BCUT2D eigenvalue weighted by Gasteiger charge is -2.15. The predicted molar refractivity (Wildman–Crippen MR) is 96.4 cm³/mol. The number of allylic oxidation sites excluding steroid dienone is 4. The zero-order chi connectivity index (χ0) is 17.1. The normalized spacial score (nSPS) is 16.6. The lowest BCUT2D eigenvalue weighted by atomic mass is 10.1. The number of carbonyl (C=O) groups excluding carboxylic acids is 1. The van der Waals surface area contributed by atoms with Gasteiger partial charge in [0.2, 0.25) is 0 Å². The topological polar surface area (TPSA) is 77.2 Å². The van der Waals surface area contributed by atoms with Gasteiger partial charge in [-0.05, 0) is 30.4 Å². The van der Waals surface area contributed by atoms with E-state index in [4.69, 9.17) is 22.1 Å². The molecule has 0 fully saturated rings. The fourth-order valence-corrected chi connectivity index (χ4v) is 2.64. The molecule has 6 heteroatoms. The molecule has 1 unspecified atom stereocenters. The SMILES string of the molecule is COc1ccc2cc(C(N)=O)c(NC3C=CC=CC(Cl)=C3)nc2c1. The van der Waals surface area contributed by atoms with Gasteiger partial charge in [0.05, 0.1) is 24.2 Å². The molecule has 0 radical (unpaired) electrons. The number of methoxy groups -OCH3 is 1. The molecular weight excluding hydrogens is 326 g/mol. The highest BCUT2D eigenvalue weighted by Crippen LogP contribution is 2.25. The number of nitrogens with one attached hydrogen (secondary N) is 1. The second-order valence-corrected chi connectivity index (χ2v) is 5.71. The maximum atomic E-state index is 11.8. The Kier molecular flexibility index (Phi) is 4.53. The first-order valence-corrected chi connectivity index (χ1v) is 7.72. The molecule has 0 saturated carbocycles. The van der Waals surface area contributed by atoms with Gasteiger partial charge < -0.3 is 15.8 Å². The van der Waals surface area contributed by atoms with E-state index in [0.29, 0.717) is 27.7 Å². The van der Waals surface area contributed by atoms with Crippen molar-refractivity contribution >= 4 is 34.2 Å². The number of hydrogen-bond acceptors (Lipinski definition) is 4. The first-order chi connectivity index (χ1) is 11.6. The third-order valence-electron chi connectivity index (χ3n) is 3.62. The van der Waals surface area contributed by atoms with E-state index in [2.05, 4.69) is 10.3 Å². The molecule has 1 aromatic heterocycles. The Balaban J connectivity index is 2.05. The van der Waals surface area contributed by atoms with E-state index in [0.717, 1.165) is 5.39 Å². The van der Waals surface area contributed by atoms with Gasteiger partial charge in [-0.3, -0.25) is 4.79 Å². The average molecular weight is 342 g/mol. The molecule has 5 nitrogen and oxygen atoms in total. The fraction of sp³-hybridized carbons (Fsp3) is 0.111. The molecule has 0 aliphatic heterocycles. The van der Waals surface area contributed by atoms with E-state index in [1.807, 2.05) is 36.4 Å². The summed E-state index contributed by atoms with van der Waals surface area (Å²) in [5, 5.41) is 4.60. The van der Waals surface area contributed by atoms with Gasteiger partial charge in [-0.1, -0.05) is 29.8 Å². The summed E-state index contributed by atoms with van der Waals surface area (Å²) in [7, 11) is 1.59. The van der Waals surface area contributed by atoms with Crippen LogP contribution in [0.15, 0.2) is 59.7 Å². The van der Waals surface area contributed by atoms with Gasteiger partial charge in [0.15, 0.2) is 0 Å². The summed E-state index contributed by atoms with van der Waals surface area (Å²) in [4.78, 5) is 16.3. The van der Waals surface area contributed by atoms with E-state index in [9.17, 15) is 4.79 Å². The van der Waals surface area contributed by atoms with Crippen molar-refractivity contribution in [3.63, 3.8) is 0 Å². The van der Waals surface area contributed by atoms with Gasteiger partial charge in [-0.25, -0.2) is 4.98 Å². The minimum atomic E-state index is -0.548. The van der Waals surface area contributed by atoms with Crippen LogP contribution >= 0.6 is 11.6 Å². The van der Waals surface area contributed by atoms with Crippen molar-refractivity contribution in [2.24, 2.45) is 5.73 Å². The Morgan fingerprint density at radius 2 is 2.17 bits per heavy atom. The second-order valence-electron chi connectivity index (χ2n) is 5.27. The maximum absolute atomic E-state index is 11.8. The number of aromatic nitrogens is 1. The monoisotopic (exact) mass is 341 g/mol. The summed E-state index contributed by atoms with van der Waals surface area (Å²) in [5.74, 6) is 0.545. The fourth-order valence-electron chi connectivity index (χ4n) is 2.43. The molecule has 1 heterocycles. The van der Waals surface area contributed by atoms with Crippen molar-refractivity contribution in [3.05, 3.63) is 65.2 Å². The first-order valence-electron chi connectivity index (χ1n) is 7.34. The molecule has 24 heavy (non-hydrogen) atoms. The van der Waals surface area contributed by atoms with Crippen LogP contribution in [-0.4, -0.2) is 24.0 Å². The predicted octanol–water partition coefficient (Wildman–Crippen LogP) is 3.37. The number of nitrogens with two attached hydrogens (primary N) is 1. The number of amides is 1. The number of ether oxygens (including phenoxy) is 1. The summed E-state index contributed by atoms with van der Waals surface area (Å²) in [6.45, 7) is 0. The average Bonchev–Trinajstić information content (AvgIpc) is 2.77. The van der Waals surface area contributed by atoms with Crippen LogP contribution in [0.1, 0.15) is 10.4 Å². The van der Waals surface area contributed by atoms with E-state index >= 15 is 0 Å². The summed E-state index contributed by atoms with van der Waals surface area (Å²) < 4.78 is 5.22. The molecule has 3 N–H and O–H groups in total. The number of halogens is 1. The molecule has 2 aromatic rings. The number of benzene rings is 1. The summed E-state index contributed by atoms with van der Waals surface area (Å²) in [6, 6.07) is 6.96. The molecule has 0 spiro atoms. The summed E-state index contributed by atoms with van der Waals surface area (Å²) in [5.41, 5.74) is 6.53. The zero-order valence-electron chi connectivity index (χ0n) is 13.0. The van der Waals surface area contributed by atoms with Gasteiger partial charge in [-0.15, -0.1) is 0 Å². The van der Waals surface area contributed by atoms with Crippen molar-refractivity contribution in [3.8, 4) is 5.75 Å². The molecule has 1 atom stereocenters. The third-order valence-corrected chi connectivity index (χ3v) is 3.87. The highest BCUT2D eigenvalue weighted by molar-refractivity contribution is 6.31. The first kappa shape index (κ1) is 16.1. The molecule has 1 amide bonds. The summed E-state index contributed by atoms with van der Waals surface area (Å²) in [6.07, 6.45) is 9.23. The number of rotatable bonds is 4. The molecule has 122 valence electrons. The number of carbonyl (C=O) groups is 1. The van der Waals surface area contributed by atoms with Gasteiger partial charge in [-0.2, -0.15) is 0 Å². The van der Waals surface area contributed by atoms with Crippen LogP contribution < -0.4 is 15.8 Å². The number of pyridine rings is 1. The van der Waals surface area contributed by atoms with Gasteiger partial charge in [0.25, 0.3) is 5.91 Å². The largest absolute Gasteiger partial charge is 0.497 e. The highest BCUT2D eigenvalue weighted by Gasteiger charge is 2.15. The molecular formula is C18H16ClN3O2. The van der Waals surface area contributed by atoms with Crippen LogP contribution in [0.3, 0.4) is 0 Å². The number of fused-ring (bicyclic) bond motifs is 1. The zero-order valence-corrected chi connectivity index (χ0v) is 13.7. The molecule has 0 saturated heterocycles. The van der Waals surface area contributed by atoms with Crippen LogP contribution in [0.4, 0.5) is 5.82 Å². The Hall–Kier alpha value is -2.79. The van der Waals surface area contributed by atoms with Crippen LogP contribution in [-0.2, 0) is 0 Å². The molecule has 0 bridgehead atoms. The van der Waals surface area contributed by atoms with Crippen LogP contribution in [0, 0.1) is 0 Å². The van der Waals surface area contributed by atoms with Crippen molar-refractivity contribution < 1.29 is 9.53 Å². The lowest BCUT2D eigenvalue weighted by molar-refractivity contribution is 0.100. The Morgan fingerprint density at radius 1 is 1.33 bits per heavy atom. The Morgan fingerprint density at radius 3 is 2.92 bits per heavy atom. The van der Waals surface area contributed by atoms with Crippen molar-refractivity contribution in [2.45, 2.75) is 6.04 Å². The second kappa shape index (κ2) is 6.76. The van der Waals surface area contributed by atoms with Crippen LogP contribution in [0.2, 0.25) is 0 Å². The molecule has 1 aliphatic rings. The van der Waals surface area contributed by atoms with Crippen molar-refractivity contribution in [1.29, 1.82) is 0 Å². The standard InChI is InChI=1S/C18H16ClN3O2/c1-24-14-7-6-11-8-15(17(20)23)18(22-16(11)10-14)21-13-5-3-2-4-12(19)9-13/h2-10,13H,1H3,(H2,20,23)(H,21,22). The van der Waals surface area contributed by atoms with Gasteiger partial charge in [0, 0.05) is 16.5 Å². The Bertz CT molecular complexity index is 887. The van der Waals surface area contributed by atoms with Gasteiger partial charge in [0.1, 0.15) is 11.6 Å². The minimum Gasteiger partial charge on any atom is -0.497 e. The van der Waals surface area contributed by atoms with Crippen LogP contribution in [0.25, 0.3) is 10.9 Å². The number of nitrogens with zero attached hydrogens (tertiary/aromatic N) is 1. The van der Waals surface area contributed by atoms with E-state index < -0.39 is 5.91 Å². The van der Waals surface area contributed by atoms with Gasteiger partial charge >= 0.3 is 0 Å². The number of anilines is 1. The van der Waals surface area contributed by atoms with E-state index in [1.165, 1.54) is 0 Å². The smallest absolute Gasteiger partial charge is 0.252 e. The quantitative estimate of drug-likeness (QED) is 0.893. The highest BCUT2D eigenvalue weighted by atomic mass is 35.5. The number of hydrogen-bond donors (Lipinski definition) is 2. The minimum absolute atomic E-state index is 0.207. The lowest BCUT2D eigenvalue weighted by Crippen LogP contribution is -2.20. The van der Waals surface area contributed by atoms with E-state index in [-0.39, 0.29) is 6.04 Å².